The van der Waals surface area contributed by atoms with Gasteiger partial charge in [-0.2, -0.15) is 0 Å². The number of benzene rings is 1. The van der Waals surface area contributed by atoms with Gasteiger partial charge in [0.25, 0.3) is 0 Å². The number of pyridine rings is 1. The quantitative estimate of drug-likeness (QED) is 0.792. The summed E-state index contributed by atoms with van der Waals surface area (Å²) < 4.78 is 6.92. The molecule has 108 valence electrons. The smallest absolute Gasteiger partial charge is 0.158 e. The van der Waals surface area contributed by atoms with Gasteiger partial charge in [0.05, 0.1) is 16.7 Å². The normalized spacial score (nSPS) is 11.2. The molecule has 1 aromatic carbocycles. The number of hydrogen-bond acceptors (Lipinski definition) is 3. The predicted octanol–water partition coefficient (Wildman–Crippen LogP) is 4.04. The molecule has 0 radical (unpaired) electrons. The Labute approximate surface area is 132 Å². The van der Waals surface area contributed by atoms with E-state index in [2.05, 4.69) is 4.98 Å². The molecule has 6 heteroatoms. The number of rotatable bonds is 3. The average Bonchev–Trinajstić information content (AvgIpc) is 2.78. The molecule has 2 aromatic heterocycles. The summed E-state index contributed by atoms with van der Waals surface area (Å²) in [6.45, 7) is 0.484. The van der Waals surface area contributed by atoms with E-state index in [1.54, 1.807) is 23.8 Å². The molecule has 3 aromatic rings. The zero-order valence-electron chi connectivity index (χ0n) is 11.3. The Balaban J connectivity index is 2.27. The molecule has 2 heterocycles. The van der Waals surface area contributed by atoms with Crippen molar-refractivity contribution >= 4 is 34.7 Å². The third-order valence-corrected chi connectivity index (χ3v) is 3.74. The molecule has 4 nitrogen and oxygen atoms in total. The Morgan fingerprint density at radius 1 is 1.29 bits per heavy atom. The van der Waals surface area contributed by atoms with Gasteiger partial charge in [-0.25, -0.2) is 4.98 Å². The van der Waals surface area contributed by atoms with Gasteiger partial charge in [0.1, 0.15) is 11.5 Å². The minimum absolute atomic E-state index is 0.463. The molecule has 3 rings (SSSR count). The highest BCUT2D eigenvalue weighted by Gasteiger charge is 2.16. The van der Waals surface area contributed by atoms with Crippen LogP contribution in [0.2, 0.25) is 10.0 Å². The fraction of sp³-hybridized carbons (Fsp3) is 0.133. The minimum Gasteiger partial charge on any atom is -0.383 e. The van der Waals surface area contributed by atoms with Crippen LogP contribution in [0.3, 0.4) is 0 Å². The summed E-state index contributed by atoms with van der Waals surface area (Å²) in [7, 11) is 1.65. The Kier molecular flexibility index (Phi) is 3.76. The molecule has 0 spiro atoms. The van der Waals surface area contributed by atoms with Crippen molar-refractivity contribution in [2.45, 2.75) is 6.61 Å². The lowest BCUT2D eigenvalue weighted by Gasteiger charge is -2.07. The number of nitrogens with zero attached hydrogens (tertiary/aromatic N) is 2. The summed E-state index contributed by atoms with van der Waals surface area (Å²) in [4.78, 5) is 4.56. The number of hydrogen-bond donors (Lipinski definition) is 1. The van der Waals surface area contributed by atoms with Gasteiger partial charge in [0.15, 0.2) is 5.65 Å². The maximum Gasteiger partial charge on any atom is 0.158 e. The van der Waals surface area contributed by atoms with Gasteiger partial charge >= 0.3 is 0 Å². The van der Waals surface area contributed by atoms with Gasteiger partial charge in [0, 0.05) is 18.9 Å². The third-order valence-electron chi connectivity index (χ3n) is 3.25. The molecule has 0 aliphatic heterocycles. The van der Waals surface area contributed by atoms with E-state index >= 15 is 0 Å². The van der Waals surface area contributed by atoms with E-state index in [0.717, 1.165) is 11.1 Å². The van der Waals surface area contributed by atoms with Crippen LogP contribution in [-0.2, 0) is 11.3 Å². The molecular formula is C15H13Cl2N3O. The highest BCUT2D eigenvalue weighted by Crippen LogP contribution is 2.33. The molecule has 21 heavy (non-hydrogen) atoms. The van der Waals surface area contributed by atoms with Gasteiger partial charge in [-0.1, -0.05) is 47.5 Å². The van der Waals surface area contributed by atoms with Gasteiger partial charge in [0.2, 0.25) is 0 Å². The molecule has 0 saturated heterocycles. The van der Waals surface area contributed by atoms with Crippen LogP contribution in [0.1, 0.15) is 5.56 Å². The number of ether oxygens (including phenoxy) is 1. The summed E-state index contributed by atoms with van der Waals surface area (Å²) in [5, 5.41) is 0.970. The summed E-state index contributed by atoms with van der Waals surface area (Å²) >= 11 is 12.2. The highest BCUT2D eigenvalue weighted by molar-refractivity contribution is 6.36. The zero-order valence-corrected chi connectivity index (χ0v) is 12.8. The van der Waals surface area contributed by atoms with E-state index in [1.165, 1.54) is 0 Å². The number of anilines is 1. The van der Waals surface area contributed by atoms with Gasteiger partial charge in [-0.3, -0.25) is 4.40 Å². The second-order valence-electron chi connectivity index (χ2n) is 4.64. The Hall–Kier alpha value is -1.75. The standard InChI is InChI=1S/C15H13Cl2N3O/c1-21-8-9-4-2-3-5-11(9)13-14(18)20-7-10(16)6-12(17)15(20)19-13/h2-7H,8,18H2,1H3. The number of fused-ring (bicyclic) bond motifs is 1. The van der Waals surface area contributed by atoms with E-state index in [0.29, 0.717) is 33.8 Å². The van der Waals surface area contributed by atoms with Crippen molar-refractivity contribution in [2.24, 2.45) is 0 Å². The second-order valence-corrected chi connectivity index (χ2v) is 5.48. The molecule has 0 saturated carbocycles. The van der Waals surface area contributed by atoms with E-state index in [4.69, 9.17) is 33.7 Å². The number of aromatic nitrogens is 2. The number of nitrogen functional groups attached to an aromatic ring is 1. The monoisotopic (exact) mass is 321 g/mol. The molecule has 0 bridgehead atoms. The van der Waals surface area contributed by atoms with Crippen molar-refractivity contribution < 1.29 is 4.74 Å². The summed E-state index contributed by atoms with van der Waals surface area (Å²) in [6, 6.07) is 9.48. The number of nitrogens with two attached hydrogens (primary N) is 1. The van der Waals surface area contributed by atoms with Crippen molar-refractivity contribution in [2.75, 3.05) is 12.8 Å². The second kappa shape index (κ2) is 5.56. The average molecular weight is 322 g/mol. The molecule has 0 unspecified atom stereocenters. The van der Waals surface area contributed by atoms with Crippen LogP contribution in [0, 0.1) is 0 Å². The van der Waals surface area contributed by atoms with Gasteiger partial charge in [-0.05, 0) is 11.6 Å². The maximum atomic E-state index is 6.22. The van der Waals surface area contributed by atoms with Crippen molar-refractivity contribution in [1.29, 1.82) is 0 Å². The molecule has 0 atom stereocenters. The number of methoxy groups -OCH3 is 1. The van der Waals surface area contributed by atoms with Crippen LogP contribution in [0.15, 0.2) is 36.5 Å². The first-order chi connectivity index (χ1) is 10.1. The summed E-state index contributed by atoms with van der Waals surface area (Å²) in [5.41, 5.74) is 9.41. The van der Waals surface area contributed by atoms with Crippen LogP contribution in [0.5, 0.6) is 0 Å². The topological polar surface area (TPSA) is 52.5 Å². The van der Waals surface area contributed by atoms with E-state index in [9.17, 15) is 0 Å². The van der Waals surface area contributed by atoms with Crippen LogP contribution < -0.4 is 5.73 Å². The zero-order chi connectivity index (χ0) is 15.0. The Morgan fingerprint density at radius 2 is 2.05 bits per heavy atom. The molecule has 0 amide bonds. The van der Waals surface area contributed by atoms with E-state index in [1.807, 2.05) is 24.3 Å². The number of imidazole rings is 1. The van der Waals surface area contributed by atoms with Crippen LogP contribution in [-0.4, -0.2) is 16.5 Å². The first kappa shape index (κ1) is 14.2. The van der Waals surface area contributed by atoms with E-state index < -0.39 is 0 Å². The van der Waals surface area contributed by atoms with Gasteiger partial charge in [-0.15, -0.1) is 0 Å². The maximum absolute atomic E-state index is 6.22. The lowest BCUT2D eigenvalue weighted by atomic mass is 10.1. The van der Waals surface area contributed by atoms with E-state index in [-0.39, 0.29) is 0 Å². The fourth-order valence-corrected chi connectivity index (χ4v) is 2.83. The molecule has 0 aliphatic carbocycles. The van der Waals surface area contributed by atoms with Crippen LogP contribution >= 0.6 is 23.2 Å². The predicted molar refractivity (Wildman–Crippen MR) is 85.8 cm³/mol. The van der Waals surface area contributed by atoms with Crippen molar-refractivity contribution in [1.82, 2.24) is 9.38 Å². The highest BCUT2D eigenvalue weighted by atomic mass is 35.5. The lowest BCUT2D eigenvalue weighted by molar-refractivity contribution is 0.185. The molecule has 0 fully saturated rings. The van der Waals surface area contributed by atoms with Gasteiger partial charge < -0.3 is 10.5 Å². The van der Waals surface area contributed by atoms with Crippen molar-refractivity contribution in [3.8, 4) is 11.3 Å². The van der Waals surface area contributed by atoms with Crippen molar-refractivity contribution in [3.63, 3.8) is 0 Å². The molecule has 2 N–H and O–H groups in total. The van der Waals surface area contributed by atoms with Crippen LogP contribution in [0.4, 0.5) is 5.82 Å². The minimum atomic E-state index is 0.463. The molecule has 0 aliphatic rings. The van der Waals surface area contributed by atoms with Crippen LogP contribution in [0.25, 0.3) is 16.9 Å². The largest absolute Gasteiger partial charge is 0.383 e. The summed E-state index contributed by atoms with van der Waals surface area (Å²) in [6.07, 6.45) is 1.70. The first-order valence-electron chi connectivity index (χ1n) is 6.31. The van der Waals surface area contributed by atoms with Crippen molar-refractivity contribution in [3.05, 3.63) is 52.1 Å². The fourth-order valence-electron chi connectivity index (χ4n) is 2.32. The SMILES string of the molecule is COCc1ccccc1-c1nc2c(Cl)cc(Cl)cn2c1N. The lowest BCUT2D eigenvalue weighted by Crippen LogP contribution is -1.97. The summed E-state index contributed by atoms with van der Waals surface area (Å²) in [5.74, 6) is 0.498. The Bertz CT molecular complexity index is 814. The third kappa shape index (κ3) is 2.46. The molecular weight excluding hydrogens is 309 g/mol. The number of halogens is 2. The first-order valence-corrected chi connectivity index (χ1v) is 7.07. The Morgan fingerprint density at radius 3 is 2.81 bits per heavy atom.